The first-order valence-corrected chi connectivity index (χ1v) is 9.31. The molecule has 2 heterocycles. The SMILES string of the molecule is CN=C(NCCNS(C)(=O)=O)N1CCC2(CCOCC2)C1. The number of ether oxygens (including phenoxy) is 1. The van der Waals surface area contributed by atoms with Gasteiger partial charge in [0.15, 0.2) is 5.96 Å². The summed E-state index contributed by atoms with van der Waals surface area (Å²) in [5.41, 5.74) is 0.376. The van der Waals surface area contributed by atoms with Crippen molar-refractivity contribution in [3.05, 3.63) is 0 Å². The number of sulfonamides is 1. The predicted molar refractivity (Wildman–Crippen MR) is 82.9 cm³/mol. The maximum Gasteiger partial charge on any atom is 0.208 e. The molecule has 0 radical (unpaired) electrons. The fraction of sp³-hybridized carbons (Fsp3) is 0.923. The Morgan fingerprint density at radius 2 is 2.00 bits per heavy atom. The Morgan fingerprint density at radius 1 is 1.29 bits per heavy atom. The van der Waals surface area contributed by atoms with E-state index in [4.69, 9.17) is 4.74 Å². The highest BCUT2D eigenvalue weighted by atomic mass is 32.2. The minimum atomic E-state index is -3.13. The summed E-state index contributed by atoms with van der Waals surface area (Å²) in [7, 11) is -1.36. The van der Waals surface area contributed by atoms with Crippen molar-refractivity contribution in [3.63, 3.8) is 0 Å². The Hall–Kier alpha value is -0.860. The molecule has 0 saturated carbocycles. The van der Waals surface area contributed by atoms with Crippen LogP contribution in [-0.2, 0) is 14.8 Å². The molecule has 2 aliphatic rings. The molecule has 122 valence electrons. The monoisotopic (exact) mass is 318 g/mol. The number of guanidine groups is 1. The van der Waals surface area contributed by atoms with Crippen molar-refractivity contribution in [2.45, 2.75) is 19.3 Å². The number of rotatable bonds is 4. The molecule has 7 nitrogen and oxygen atoms in total. The zero-order valence-corrected chi connectivity index (χ0v) is 13.7. The summed E-state index contributed by atoms with van der Waals surface area (Å²) < 4.78 is 30.0. The smallest absolute Gasteiger partial charge is 0.208 e. The molecule has 8 heteroatoms. The topological polar surface area (TPSA) is 83.0 Å². The highest BCUT2D eigenvalue weighted by Crippen LogP contribution is 2.39. The minimum absolute atomic E-state index is 0.366. The molecule has 0 aromatic heterocycles. The van der Waals surface area contributed by atoms with E-state index in [1.54, 1.807) is 7.05 Å². The normalized spacial score (nSPS) is 22.8. The molecule has 2 N–H and O–H groups in total. The molecule has 21 heavy (non-hydrogen) atoms. The summed E-state index contributed by atoms with van der Waals surface area (Å²) in [5, 5.41) is 3.22. The summed E-state index contributed by atoms with van der Waals surface area (Å²) in [4.78, 5) is 6.57. The van der Waals surface area contributed by atoms with E-state index >= 15 is 0 Å². The average molecular weight is 318 g/mol. The van der Waals surface area contributed by atoms with Crippen molar-refractivity contribution in [1.29, 1.82) is 0 Å². The Bertz CT molecular complexity index is 472. The lowest BCUT2D eigenvalue weighted by Crippen LogP contribution is -2.44. The van der Waals surface area contributed by atoms with Crippen LogP contribution in [0.3, 0.4) is 0 Å². The van der Waals surface area contributed by atoms with Crippen LogP contribution in [0.25, 0.3) is 0 Å². The van der Waals surface area contributed by atoms with Crippen molar-refractivity contribution in [2.75, 3.05) is 52.7 Å². The molecule has 0 aliphatic carbocycles. The molecule has 0 bridgehead atoms. The van der Waals surface area contributed by atoms with Crippen LogP contribution in [0.5, 0.6) is 0 Å². The fourth-order valence-corrected chi connectivity index (χ4v) is 3.54. The van der Waals surface area contributed by atoms with Gasteiger partial charge in [-0.15, -0.1) is 0 Å². The standard InChI is InChI=1S/C13H26N4O3S/c1-14-12(15-6-7-16-21(2,18)19)17-8-3-13(11-17)4-9-20-10-5-13/h16H,3-11H2,1-2H3,(H,14,15). The quantitative estimate of drug-likeness (QED) is 0.419. The van der Waals surface area contributed by atoms with Gasteiger partial charge in [-0.3, -0.25) is 4.99 Å². The van der Waals surface area contributed by atoms with Gasteiger partial charge in [-0.1, -0.05) is 0 Å². The molecule has 0 unspecified atom stereocenters. The van der Waals surface area contributed by atoms with Crippen LogP contribution < -0.4 is 10.0 Å². The molecular weight excluding hydrogens is 292 g/mol. The van der Waals surface area contributed by atoms with Gasteiger partial charge < -0.3 is 15.0 Å². The van der Waals surface area contributed by atoms with E-state index in [0.717, 1.165) is 51.4 Å². The highest BCUT2D eigenvalue weighted by molar-refractivity contribution is 7.88. The van der Waals surface area contributed by atoms with E-state index in [-0.39, 0.29) is 0 Å². The van der Waals surface area contributed by atoms with E-state index in [9.17, 15) is 8.42 Å². The highest BCUT2D eigenvalue weighted by Gasteiger charge is 2.40. The number of nitrogens with zero attached hydrogens (tertiary/aromatic N) is 2. The van der Waals surface area contributed by atoms with Gasteiger partial charge in [-0.25, -0.2) is 13.1 Å². The summed E-state index contributed by atoms with van der Waals surface area (Å²) in [5.74, 6) is 0.855. The third kappa shape index (κ3) is 4.82. The van der Waals surface area contributed by atoms with Crippen LogP contribution in [0.2, 0.25) is 0 Å². The minimum Gasteiger partial charge on any atom is -0.381 e. The number of hydrogen-bond donors (Lipinski definition) is 2. The van der Waals surface area contributed by atoms with Crippen molar-refractivity contribution in [2.24, 2.45) is 10.4 Å². The predicted octanol–water partition coefficient (Wildman–Crippen LogP) is -0.386. The fourth-order valence-electron chi connectivity index (χ4n) is 3.07. The maximum atomic E-state index is 11.0. The molecule has 2 rings (SSSR count). The van der Waals surface area contributed by atoms with Gasteiger partial charge in [0.05, 0.1) is 6.26 Å². The van der Waals surface area contributed by atoms with Crippen LogP contribution in [0.1, 0.15) is 19.3 Å². The van der Waals surface area contributed by atoms with E-state index in [1.165, 1.54) is 6.42 Å². The van der Waals surface area contributed by atoms with Crippen LogP contribution in [-0.4, -0.2) is 72.0 Å². The number of aliphatic imine (C=N–C) groups is 1. The van der Waals surface area contributed by atoms with Crippen molar-refractivity contribution < 1.29 is 13.2 Å². The Labute approximate surface area is 127 Å². The largest absolute Gasteiger partial charge is 0.381 e. The lowest BCUT2D eigenvalue weighted by molar-refractivity contribution is 0.0218. The number of likely N-dealkylation sites (tertiary alicyclic amines) is 1. The molecular formula is C13H26N4O3S. The summed E-state index contributed by atoms with van der Waals surface area (Å²) in [6.45, 7) is 4.63. The molecule has 0 aromatic carbocycles. The Morgan fingerprint density at radius 3 is 2.62 bits per heavy atom. The Kier molecular flexibility index (Phi) is 5.45. The van der Waals surface area contributed by atoms with Crippen LogP contribution in [0.4, 0.5) is 0 Å². The van der Waals surface area contributed by atoms with E-state index in [0.29, 0.717) is 18.5 Å². The molecule has 1 spiro atoms. The van der Waals surface area contributed by atoms with E-state index < -0.39 is 10.0 Å². The van der Waals surface area contributed by atoms with Gasteiger partial charge in [-0.05, 0) is 24.7 Å². The second kappa shape index (κ2) is 6.93. The second-order valence-electron chi connectivity index (χ2n) is 5.92. The first kappa shape index (κ1) is 16.5. The van der Waals surface area contributed by atoms with Gasteiger partial charge >= 0.3 is 0 Å². The second-order valence-corrected chi connectivity index (χ2v) is 7.76. The molecule has 0 atom stereocenters. The first-order valence-electron chi connectivity index (χ1n) is 7.42. The maximum absolute atomic E-state index is 11.0. The molecule has 0 aromatic rings. The van der Waals surface area contributed by atoms with E-state index in [1.807, 2.05) is 0 Å². The lowest BCUT2D eigenvalue weighted by atomic mass is 9.80. The van der Waals surface area contributed by atoms with E-state index in [2.05, 4.69) is 19.9 Å². The van der Waals surface area contributed by atoms with Crippen LogP contribution in [0, 0.1) is 5.41 Å². The molecule has 2 aliphatic heterocycles. The Balaban J connectivity index is 1.80. The average Bonchev–Trinajstić information content (AvgIpc) is 2.82. The van der Waals surface area contributed by atoms with Crippen molar-refractivity contribution in [1.82, 2.24) is 14.9 Å². The van der Waals surface area contributed by atoms with Crippen LogP contribution >= 0.6 is 0 Å². The van der Waals surface area contributed by atoms with Gasteiger partial charge in [-0.2, -0.15) is 0 Å². The summed E-state index contributed by atoms with van der Waals surface area (Å²) in [6, 6.07) is 0. The van der Waals surface area contributed by atoms with Crippen molar-refractivity contribution in [3.8, 4) is 0 Å². The van der Waals surface area contributed by atoms with Gasteiger partial charge in [0, 0.05) is 46.4 Å². The third-order valence-corrected chi connectivity index (χ3v) is 5.00. The van der Waals surface area contributed by atoms with Gasteiger partial charge in [0.1, 0.15) is 0 Å². The van der Waals surface area contributed by atoms with Gasteiger partial charge in [0.2, 0.25) is 10.0 Å². The zero-order valence-electron chi connectivity index (χ0n) is 12.9. The number of hydrogen-bond acceptors (Lipinski definition) is 4. The van der Waals surface area contributed by atoms with Crippen molar-refractivity contribution >= 4 is 16.0 Å². The first-order chi connectivity index (χ1) is 9.94. The molecule has 2 fully saturated rings. The summed E-state index contributed by atoms with van der Waals surface area (Å²) >= 11 is 0. The molecule has 0 amide bonds. The number of nitrogens with one attached hydrogen (secondary N) is 2. The summed E-state index contributed by atoms with van der Waals surface area (Å²) in [6.07, 6.45) is 4.59. The zero-order chi connectivity index (χ0) is 15.3. The third-order valence-electron chi connectivity index (χ3n) is 4.28. The lowest BCUT2D eigenvalue weighted by Gasteiger charge is -2.33. The van der Waals surface area contributed by atoms with Crippen LogP contribution in [0.15, 0.2) is 4.99 Å². The van der Waals surface area contributed by atoms with Gasteiger partial charge in [0.25, 0.3) is 0 Å². The molecule has 2 saturated heterocycles.